The molecule has 9 nitrogen and oxygen atoms in total. The number of carbonyl (C=O) groups excluding carboxylic acids is 4. The molecule has 2 aromatic rings. The molecule has 31 heavy (non-hydrogen) atoms. The molecule has 0 aliphatic carbocycles. The molecule has 3 rings (SSSR count). The fraction of sp³-hybridized carbons (Fsp3) is 0.273. The Balaban J connectivity index is 1.52. The van der Waals surface area contributed by atoms with Gasteiger partial charge in [0.05, 0.1) is 13.0 Å². The first-order valence-electron chi connectivity index (χ1n) is 9.69. The Labute approximate surface area is 179 Å². The van der Waals surface area contributed by atoms with Crippen LogP contribution in [0, 0.1) is 5.92 Å². The largest absolute Gasteiger partial charge is 0.497 e. The van der Waals surface area contributed by atoms with Crippen LogP contribution in [0.15, 0.2) is 54.6 Å². The van der Waals surface area contributed by atoms with Gasteiger partial charge in [-0.1, -0.05) is 24.3 Å². The second-order valence-corrected chi connectivity index (χ2v) is 7.00. The molecule has 0 spiro atoms. The van der Waals surface area contributed by atoms with E-state index in [1.54, 1.807) is 54.6 Å². The quantitative estimate of drug-likeness (QED) is 0.687. The van der Waals surface area contributed by atoms with Gasteiger partial charge < -0.3 is 19.7 Å². The molecule has 1 fully saturated rings. The lowest BCUT2D eigenvalue weighted by Crippen LogP contribution is -2.42. The van der Waals surface area contributed by atoms with Gasteiger partial charge in [0.1, 0.15) is 5.75 Å². The molecular weight excluding hydrogens is 402 g/mol. The number of benzene rings is 2. The van der Waals surface area contributed by atoms with Gasteiger partial charge in [-0.05, 0) is 31.2 Å². The standard InChI is InChI=1S/C22H23N3O6/c1-14(20(27)24-22(29)23-16-7-4-3-5-8-16)31-21(28)15-11-19(26)25(13-15)17-9-6-10-18(12-17)30-2/h3-10,12,14-15H,11,13H2,1-2H3,(H2,23,24,27,29). The smallest absolute Gasteiger partial charge is 0.325 e. The molecule has 2 aromatic carbocycles. The van der Waals surface area contributed by atoms with E-state index in [1.165, 1.54) is 18.9 Å². The summed E-state index contributed by atoms with van der Waals surface area (Å²) in [5, 5.41) is 4.63. The molecule has 0 radical (unpaired) electrons. The van der Waals surface area contributed by atoms with Crippen molar-refractivity contribution in [3.63, 3.8) is 0 Å². The third-order valence-electron chi connectivity index (χ3n) is 4.75. The molecule has 0 bridgehead atoms. The maximum atomic E-state index is 12.5. The normalized spacial score (nSPS) is 16.4. The number of methoxy groups -OCH3 is 1. The molecule has 1 aliphatic heterocycles. The van der Waals surface area contributed by atoms with Gasteiger partial charge in [-0.2, -0.15) is 0 Å². The number of hydrogen-bond acceptors (Lipinski definition) is 6. The minimum Gasteiger partial charge on any atom is -0.497 e. The summed E-state index contributed by atoms with van der Waals surface area (Å²) in [5.41, 5.74) is 1.13. The number of anilines is 2. The van der Waals surface area contributed by atoms with Crippen LogP contribution in [-0.4, -0.2) is 43.6 Å². The summed E-state index contributed by atoms with van der Waals surface area (Å²) in [6.45, 7) is 1.49. The van der Waals surface area contributed by atoms with Gasteiger partial charge in [0, 0.05) is 30.4 Å². The van der Waals surface area contributed by atoms with Gasteiger partial charge in [0.25, 0.3) is 5.91 Å². The molecule has 4 amide bonds. The summed E-state index contributed by atoms with van der Waals surface area (Å²) < 4.78 is 10.4. The number of amides is 4. The Kier molecular flexibility index (Phi) is 6.86. The topological polar surface area (TPSA) is 114 Å². The molecule has 2 N–H and O–H groups in total. The number of hydrogen-bond donors (Lipinski definition) is 2. The second-order valence-electron chi connectivity index (χ2n) is 7.00. The zero-order valence-corrected chi connectivity index (χ0v) is 17.2. The fourth-order valence-electron chi connectivity index (χ4n) is 3.11. The summed E-state index contributed by atoms with van der Waals surface area (Å²) >= 11 is 0. The highest BCUT2D eigenvalue weighted by atomic mass is 16.5. The lowest BCUT2D eigenvalue weighted by molar-refractivity contribution is -0.158. The average Bonchev–Trinajstić information content (AvgIpc) is 3.16. The highest BCUT2D eigenvalue weighted by Crippen LogP contribution is 2.28. The van der Waals surface area contributed by atoms with Crippen LogP contribution < -0.4 is 20.3 Å². The number of nitrogens with one attached hydrogen (secondary N) is 2. The SMILES string of the molecule is COc1cccc(N2CC(C(=O)OC(C)C(=O)NC(=O)Nc3ccccc3)CC2=O)c1. The molecule has 1 heterocycles. The van der Waals surface area contributed by atoms with E-state index in [0.29, 0.717) is 17.1 Å². The molecule has 1 saturated heterocycles. The van der Waals surface area contributed by atoms with Crippen LogP contribution in [0.3, 0.4) is 0 Å². The summed E-state index contributed by atoms with van der Waals surface area (Å²) in [6.07, 6.45) is -1.23. The van der Waals surface area contributed by atoms with E-state index < -0.39 is 29.9 Å². The number of urea groups is 1. The highest BCUT2D eigenvalue weighted by molar-refractivity contribution is 6.03. The number of rotatable bonds is 6. The summed E-state index contributed by atoms with van der Waals surface area (Å²) in [4.78, 5) is 50.4. The molecule has 162 valence electrons. The van der Waals surface area contributed by atoms with Gasteiger partial charge in [-0.3, -0.25) is 19.7 Å². The van der Waals surface area contributed by atoms with Crippen LogP contribution in [0.2, 0.25) is 0 Å². The summed E-state index contributed by atoms with van der Waals surface area (Å²) in [6, 6.07) is 14.8. The lowest BCUT2D eigenvalue weighted by atomic mass is 10.1. The van der Waals surface area contributed by atoms with E-state index in [0.717, 1.165) is 0 Å². The van der Waals surface area contributed by atoms with Crippen LogP contribution in [0.25, 0.3) is 0 Å². The monoisotopic (exact) mass is 425 g/mol. The Morgan fingerprint density at radius 3 is 2.55 bits per heavy atom. The van der Waals surface area contributed by atoms with Crippen molar-refractivity contribution >= 4 is 35.2 Å². The Morgan fingerprint density at radius 1 is 1.10 bits per heavy atom. The maximum absolute atomic E-state index is 12.5. The van der Waals surface area contributed by atoms with Gasteiger partial charge in [-0.15, -0.1) is 0 Å². The third-order valence-corrected chi connectivity index (χ3v) is 4.75. The van der Waals surface area contributed by atoms with E-state index in [-0.39, 0.29) is 18.9 Å². The first-order chi connectivity index (χ1) is 14.9. The Bertz CT molecular complexity index is 978. The van der Waals surface area contributed by atoms with Crippen molar-refractivity contribution in [1.29, 1.82) is 0 Å². The van der Waals surface area contributed by atoms with Crippen LogP contribution in [0.5, 0.6) is 5.75 Å². The number of para-hydroxylation sites is 1. The Hall–Kier alpha value is -3.88. The number of carbonyl (C=O) groups is 4. The second kappa shape index (κ2) is 9.75. The van der Waals surface area contributed by atoms with Crippen molar-refractivity contribution in [1.82, 2.24) is 5.32 Å². The van der Waals surface area contributed by atoms with E-state index in [2.05, 4.69) is 10.6 Å². The molecule has 0 aromatic heterocycles. The number of ether oxygens (including phenoxy) is 2. The third kappa shape index (κ3) is 5.59. The van der Waals surface area contributed by atoms with Crippen molar-refractivity contribution in [2.75, 3.05) is 23.9 Å². The molecule has 0 saturated carbocycles. The van der Waals surface area contributed by atoms with Crippen molar-refractivity contribution in [2.24, 2.45) is 5.92 Å². The van der Waals surface area contributed by atoms with Crippen molar-refractivity contribution in [3.05, 3.63) is 54.6 Å². The van der Waals surface area contributed by atoms with Gasteiger partial charge in [0.15, 0.2) is 6.10 Å². The summed E-state index contributed by atoms with van der Waals surface area (Å²) in [7, 11) is 1.53. The summed E-state index contributed by atoms with van der Waals surface area (Å²) in [5.74, 6) is -1.79. The molecular formula is C22H23N3O6. The van der Waals surface area contributed by atoms with Gasteiger partial charge >= 0.3 is 12.0 Å². The van der Waals surface area contributed by atoms with Crippen molar-refractivity contribution < 1.29 is 28.7 Å². The predicted octanol–water partition coefficient (Wildman–Crippen LogP) is 2.33. The zero-order valence-electron chi connectivity index (χ0n) is 17.2. The molecule has 9 heteroatoms. The van der Waals surface area contributed by atoms with Crippen LogP contribution in [-0.2, 0) is 19.1 Å². The maximum Gasteiger partial charge on any atom is 0.325 e. The number of esters is 1. The minimum atomic E-state index is -1.20. The van der Waals surface area contributed by atoms with E-state index >= 15 is 0 Å². The number of imide groups is 1. The van der Waals surface area contributed by atoms with E-state index in [9.17, 15) is 19.2 Å². The molecule has 2 atom stereocenters. The Morgan fingerprint density at radius 2 is 1.84 bits per heavy atom. The van der Waals surface area contributed by atoms with Crippen molar-refractivity contribution in [2.45, 2.75) is 19.4 Å². The molecule has 2 unspecified atom stereocenters. The number of nitrogens with zero attached hydrogens (tertiary/aromatic N) is 1. The van der Waals surface area contributed by atoms with Gasteiger partial charge in [-0.25, -0.2) is 4.79 Å². The van der Waals surface area contributed by atoms with E-state index in [1.807, 2.05) is 0 Å². The predicted molar refractivity (Wildman–Crippen MR) is 113 cm³/mol. The first kappa shape index (κ1) is 21.8. The van der Waals surface area contributed by atoms with Crippen LogP contribution >= 0.6 is 0 Å². The lowest BCUT2D eigenvalue weighted by Gasteiger charge is -2.18. The van der Waals surface area contributed by atoms with Crippen molar-refractivity contribution in [3.8, 4) is 5.75 Å². The first-order valence-corrected chi connectivity index (χ1v) is 9.69. The van der Waals surface area contributed by atoms with Crippen LogP contribution in [0.1, 0.15) is 13.3 Å². The van der Waals surface area contributed by atoms with E-state index in [4.69, 9.17) is 9.47 Å². The van der Waals surface area contributed by atoms with Crippen LogP contribution in [0.4, 0.5) is 16.2 Å². The fourth-order valence-corrected chi connectivity index (χ4v) is 3.11. The van der Waals surface area contributed by atoms with Gasteiger partial charge in [0.2, 0.25) is 5.91 Å². The zero-order chi connectivity index (χ0) is 22.4. The minimum absolute atomic E-state index is 0.0289. The average molecular weight is 425 g/mol. The highest BCUT2D eigenvalue weighted by Gasteiger charge is 2.37. The molecule has 1 aliphatic rings.